The number of ether oxygens (including phenoxy) is 1. The first-order chi connectivity index (χ1) is 15.3. The molecule has 6 heteroatoms. The van der Waals surface area contributed by atoms with Crippen molar-refractivity contribution in [2.75, 3.05) is 45.9 Å². The predicted molar refractivity (Wildman–Crippen MR) is 144 cm³/mol. The number of halogens is 1. The van der Waals surface area contributed by atoms with E-state index in [0.29, 0.717) is 6.04 Å². The van der Waals surface area contributed by atoms with E-state index in [1.807, 2.05) is 0 Å². The molecular weight excluding hydrogens is 511 g/mol. The Morgan fingerprint density at radius 1 is 1.00 bits per heavy atom. The number of rotatable bonds is 7. The van der Waals surface area contributed by atoms with Crippen LogP contribution < -0.4 is 10.6 Å². The van der Waals surface area contributed by atoms with E-state index in [-0.39, 0.29) is 24.0 Å². The van der Waals surface area contributed by atoms with Gasteiger partial charge in [0.15, 0.2) is 5.96 Å². The van der Waals surface area contributed by atoms with Crippen molar-refractivity contribution in [3.05, 3.63) is 35.9 Å². The summed E-state index contributed by atoms with van der Waals surface area (Å²) >= 11 is 0. The molecule has 32 heavy (non-hydrogen) atoms. The largest absolute Gasteiger partial charge is 0.381 e. The average Bonchev–Trinajstić information content (AvgIpc) is 3.33. The third kappa shape index (κ3) is 7.87. The summed E-state index contributed by atoms with van der Waals surface area (Å²) in [5.74, 6) is 3.25. The monoisotopic (exact) mass is 554 g/mol. The molecule has 4 rings (SSSR count). The van der Waals surface area contributed by atoms with E-state index >= 15 is 0 Å². The van der Waals surface area contributed by atoms with E-state index in [9.17, 15) is 0 Å². The molecule has 2 N–H and O–H groups in total. The van der Waals surface area contributed by atoms with Crippen LogP contribution in [0.1, 0.15) is 63.4 Å². The van der Waals surface area contributed by atoms with Gasteiger partial charge in [0, 0.05) is 45.4 Å². The third-order valence-electron chi connectivity index (χ3n) is 7.44. The molecule has 3 fully saturated rings. The fourth-order valence-corrected chi connectivity index (χ4v) is 5.49. The average molecular weight is 555 g/mol. The minimum atomic E-state index is 0. The maximum Gasteiger partial charge on any atom is 0.191 e. The molecule has 0 bridgehead atoms. The highest BCUT2D eigenvalue weighted by Gasteiger charge is 2.25. The van der Waals surface area contributed by atoms with Crippen LogP contribution in [0.25, 0.3) is 0 Å². The fraction of sp³-hybridized carbons (Fsp3) is 0.731. The molecule has 0 radical (unpaired) electrons. The van der Waals surface area contributed by atoms with Gasteiger partial charge in [-0.3, -0.25) is 4.99 Å². The highest BCUT2D eigenvalue weighted by atomic mass is 127. The Balaban J connectivity index is 0.00000289. The molecule has 1 aromatic rings. The number of hydrogen-bond donors (Lipinski definition) is 2. The second-order valence-corrected chi connectivity index (χ2v) is 9.80. The maximum atomic E-state index is 5.54. The molecule has 0 aromatic heterocycles. The van der Waals surface area contributed by atoms with Crippen LogP contribution in [0, 0.1) is 11.8 Å². The summed E-state index contributed by atoms with van der Waals surface area (Å²) in [4.78, 5) is 7.63. The van der Waals surface area contributed by atoms with E-state index < -0.39 is 0 Å². The summed E-state index contributed by atoms with van der Waals surface area (Å²) in [7, 11) is 0. The zero-order valence-corrected chi connectivity index (χ0v) is 22.1. The summed E-state index contributed by atoms with van der Waals surface area (Å²) in [6.45, 7) is 9.56. The van der Waals surface area contributed by atoms with Crippen molar-refractivity contribution in [1.82, 2.24) is 15.5 Å². The van der Waals surface area contributed by atoms with Gasteiger partial charge in [-0.05, 0) is 75.2 Å². The number of likely N-dealkylation sites (tertiary alicyclic amines) is 1. The van der Waals surface area contributed by atoms with Crippen LogP contribution in [0.15, 0.2) is 35.3 Å². The quantitative estimate of drug-likeness (QED) is 0.293. The van der Waals surface area contributed by atoms with Crippen LogP contribution in [0.3, 0.4) is 0 Å². The molecular formula is C26H43IN4O. The number of hydrogen-bond acceptors (Lipinski definition) is 3. The van der Waals surface area contributed by atoms with Crippen LogP contribution in [-0.2, 0) is 4.74 Å². The first-order valence-corrected chi connectivity index (χ1v) is 12.7. The van der Waals surface area contributed by atoms with Gasteiger partial charge in [0.25, 0.3) is 0 Å². The highest BCUT2D eigenvalue weighted by molar-refractivity contribution is 14.0. The number of guanidine groups is 1. The van der Waals surface area contributed by atoms with Gasteiger partial charge in [-0.2, -0.15) is 0 Å². The lowest BCUT2D eigenvalue weighted by molar-refractivity contribution is 0.150. The van der Waals surface area contributed by atoms with Crippen molar-refractivity contribution in [2.24, 2.45) is 16.8 Å². The molecule has 1 saturated carbocycles. The van der Waals surface area contributed by atoms with E-state index in [0.717, 1.165) is 50.0 Å². The molecule has 1 aliphatic carbocycles. The molecule has 2 saturated heterocycles. The molecule has 180 valence electrons. The van der Waals surface area contributed by atoms with E-state index in [2.05, 4.69) is 52.8 Å². The van der Waals surface area contributed by atoms with E-state index in [1.54, 1.807) is 0 Å². The Kier molecular flexibility index (Phi) is 11.1. The Morgan fingerprint density at radius 2 is 1.75 bits per heavy atom. The minimum absolute atomic E-state index is 0. The van der Waals surface area contributed by atoms with E-state index in [4.69, 9.17) is 9.73 Å². The summed E-state index contributed by atoms with van der Waals surface area (Å²) in [5, 5.41) is 7.22. The first kappa shape index (κ1) is 25.8. The van der Waals surface area contributed by atoms with Crippen molar-refractivity contribution >= 4 is 29.9 Å². The second kappa shape index (κ2) is 13.8. The molecule has 0 amide bonds. The zero-order chi connectivity index (χ0) is 21.3. The van der Waals surface area contributed by atoms with Crippen molar-refractivity contribution < 1.29 is 4.74 Å². The standard InChI is InChI=1S/C26H42N4O.HI/c1-2-27-26(29-25-12-15-30(16-13-25)19-22-14-17-31-20-22)28-18-21-8-10-24(11-9-21)23-6-4-3-5-7-23;/h3-7,21-22,24-25H,2,8-20H2,1H3,(H2,27,28,29);1H. The lowest BCUT2D eigenvalue weighted by Gasteiger charge is -2.34. The minimum Gasteiger partial charge on any atom is -0.381 e. The Bertz CT molecular complexity index is 664. The van der Waals surface area contributed by atoms with Crippen LogP contribution in [0.2, 0.25) is 0 Å². The Morgan fingerprint density at radius 3 is 2.41 bits per heavy atom. The first-order valence-electron chi connectivity index (χ1n) is 12.7. The predicted octanol–water partition coefficient (Wildman–Crippen LogP) is 4.63. The number of benzene rings is 1. The molecule has 5 nitrogen and oxygen atoms in total. The molecule has 0 spiro atoms. The van der Waals surface area contributed by atoms with Gasteiger partial charge in [-0.25, -0.2) is 0 Å². The lowest BCUT2D eigenvalue weighted by Crippen LogP contribution is -2.49. The van der Waals surface area contributed by atoms with Crippen LogP contribution in [-0.4, -0.2) is 62.8 Å². The molecule has 2 heterocycles. The van der Waals surface area contributed by atoms with Crippen LogP contribution >= 0.6 is 24.0 Å². The summed E-state index contributed by atoms with van der Waals surface area (Å²) < 4.78 is 5.54. The molecule has 1 unspecified atom stereocenters. The van der Waals surface area contributed by atoms with Gasteiger partial charge in [0.2, 0.25) is 0 Å². The highest BCUT2D eigenvalue weighted by Crippen LogP contribution is 2.35. The van der Waals surface area contributed by atoms with E-state index in [1.165, 1.54) is 70.1 Å². The molecule has 1 aromatic carbocycles. The Labute approximate surface area is 212 Å². The molecule has 1 atom stereocenters. The van der Waals surface area contributed by atoms with Crippen molar-refractivity contribution in [2.45, 2.75) is 63.8 Å². The van der Waals surface area contributed by atoms with Gasteiger partial charge in [-0.1, -0.05) is 30.3 Å². The van der Waals surface area contributed by atoms with Gasteiger partial charge in [0.05, 0.1) is 6.61 Å². The third-order valence-corrected chi connectivity index (χ3v) is 7.44. The molecule has 2 aliphatic heterocycles. The molecule has 3 aliphatic rings. The summed E-state index contributed by atoms with van der Waals surface area (Å²) in [6.07, 6.45) is 8.86. The van der Waals surface area contributed by atoms with Gasteiger partial charge >= 0.3 is 0 Å². The zero-order valence-electron chi connectivity index (χ0n) is 19.8. The van der Waals surface area contributed by atoms with Crippen LogP contribution in [0.5, 0.6) is 0 Å². The number of piperidine rings is 1. The van der Waals surface area contributed by atoms with Crippen LogP contribution in [0.4, 0.5) is 0 Å². The number of aliphatic imine (C=N–C) groups is 1. The summed E-state index contributed by atoms with van der Waals surface area (Å²) in [5.41, 5.74) is 1.52. The smallest absolute Gasteiger partial charge is 0.191 e. The van der Waals surface area contributed by atoms with Crippen molar-refractivity contribution in [3.8, 4) is 0 Å². The number of nitrogens with zero attached hydrogens (tertiary/aromatic N) is 2. The maximum absolute atomic E-state index is 5.54. The van der Waals surface area contributed by atoms with Crippen molar-refractivity contribution in [1.29, 1.82) is 0 Å². The Hall–Kier alpha value is -0.860. The fourth-order valence-electron chi connectivity index (χ4n) is 5.49. The topological polar surface area (TPSA) is 48.9 Å². The second-order valence-electron chi connectivity index (χ2n) is 9.80. The normalized spacial score (nSPS) is 27.7. The number of nitrogens with one attached hydrogen (secondary N) is 2. The van der Waals surface area contributed by atoms with Gasteiger partial charge in [-0.15, -0.1) is 24.0 Å². The van der Waals surface area contributed by atoms with Crippen molar-refractivity contribution in [3.63, 3.8) is 0 Å². The summed E-state index contributed by atoms with van der Waals surface area (Å²) in [6, 6.07) is 11.6. The van der Waals surface area contributed by atoms with Gasteiger partial charge < -0.3 is 20.3 Å². The SMILES string of the molecule is CCNC(=NCC1CCC(c2ccccc2)CC1)NC1CCN(CC2CCOC2)CC1.I. The van der Waals surface area contributed by atoms with Gasteiger partial charge in [0.1, 0.15) is 0 Å². The lowest BCUT2D eigenvalue weighted by atomic mass is 9.79.